The van der Waals surface area contributed by atoms with Gasteiger partial charge in [-0.25, -0.2) is 17.6 Å². The molecule has 0 bridgehead atoms. The van der Waals surface area contributed by atoms with E-state index in [9.17, 15) is 27.2 Å². The van der Waals surface area contributed by atoms with Crippen molar-refractivity contribution in [3.8, 4) is 5.75 Å². The zero-order valence-electron chi connectivity index (χ0n) is 18.0. The lowest BCUT2D eigenvalue weighted by atomic mass is 10.0. The number of nitrogens with two attached hydrogens (primary N) is 1. The van der Waals surface area contributed by atoms with E-state index < -0.39 is 35.2 Å². The lowest BCUT2D eigenvalue weighted by molar-refractivity contribution is -0.132. The third-order valence-corrected chi connectivity index (χ3v) is 5.61. The molecule has 1 aliphatic heterocycles. The lowest BCUT2D eigenvalue weighted by Crippen LogP contribution is -2.47. The van der Waals surface area contributed by atoms with Crippen LogP contribution in [0.15, 0.2) is 30.3 Å². The Kier molecular flexibility index (Phi) is 7.91. The van der Waals surface area contributed by atoms with Crippen LogP contribution in [0.1, 0.15) is 35.2 Å². The van der Waals surface area contributed by atoms with Crippen molar-refractivity contribution in [2.75, 3.05) is 20.2 Å². The van der Waals surface area contributed by atoms with Crippen molar-refractivity contribution in [3.63, 3.8) is 0 Å². The van der Waals surface area contributed by atoms with Gasteiger partial charge in [-0.15, -0.1) is 0 Å². The first kappa shape index (κ1) is 24.5. The van der Waals surface area contributed by atoms with Gasteiger partial charge >= 0.3 is 0 Å². The molecule has 1 saturated heterocycles. The molecule has 1 heterocycles. The number of piperidine rings is 1. The third-order valence-electron chi connectivity index (χ3n) is 5.61. The van der Waals surface area contributed by atoms with Gasteiger partial charge in [-0.3, -0.25) is 9.59 Å². The summed E-state index contributed by atoms with van der Waals surface area (Å²) in [7, 11) is 1.33. The monoisotopic (exact) mass is 467 g/mol. The number of rotatable bonds is 7. The van der Waals surface area contributed by atoms with Gasteiger partial charge in [0.25, 0.3) is 5.91 Å². The largest absolute Gasteiger partial charge is 0.494 e. The second-order valence-corrected chi connectivity index (χ2v) is 8.00. The molecule has 2 aromatic rings. The van der Waals surface area contributed by atoms with E-state index in [2.05, 4.69) is 5.32 Å². The van der Waals surface area contributed by atoms with Crippen LogP contribution in [0.5, 0.6) is 5.75 Å². The Morgan fingerprint density at radius 1 is 1.06 bits per heavy atom. The summed E-state index contributed by atoms with van der Waals surface area (Å²) >= 11 is 0. The quantitative estimate of drug-likeness (QED) is 0.485. The van der Waals surface area contributed by atoms with Gasteiger partial charge in [-0.1, -0.05) is 0 Å². The maximum absolute atomic E-state index is 13.8. The molecule has 3 rings (SSSR count). The van der Waals surface area contributed by atoms with E-state index in [-0.39, 0.29) is 41.7 Å². The predicted octanol–water partition coefficient (Wildman–Crippen LogP) is 2.93. The minimum Gasteiger partial charge on any atom is -0.494 e. The Balaban J connectivity index is 1.47. The zero-order chi connectivity index (χ0) is 24.1. The number of nitrogens with zero attached hydrogens (tertiary/aromatic N) is 1. The topological polar surface area (TPSA) is 84.7 Å². The molecule has 1 atom stereocenters. The molecule has 178 valence electrons. The number of carbonyl (C=O) groups excluding carboxylic acids is 2. The molecule has 2 aromatic carbocycles. The van der Waals surface area contributed by atoms with E-state index in [0.29, 0.717) is 32.0 Å². The smallest absolute Gasteiger partial charge is 0.251 e. The van der Waals surface area contributed by atoms with Gasteiger partial charge in [0.2, 0.25) is 5.91 Å². The van der Waals surface area contributed by atoms with E-state index in [0.717, 1.165) is 12.1 Å². The van der Waals surface area contributed by atoms with Crippen LogP contribution in [0.2, 0.25) is 0 Å². The molecule has 0 saturated carbocycles. The zero-order valence-corrected chi connectivity index (χ0v) is 18.0. The summed E-state index contributed by atoms with van der Waals surface area (Å²) in [6.45, 7) is 0.764. The number of methoxy groups -OCH3 is 1. The van der Waals surface area contributed by atoms with Gasteiger partial charge in [-0.2, -0.15) is 0 Å². The molecule has 0 aliphatic carbocycles. The van der Waals surface area contributed by atoms with Crippen molar-refractivity contribution < 1.29 is 31.9 Å². The van der Waals surface area contributed by atoms with Crippen molar-refractivity contribution in [2.45, 2.75) is 37.8 Å². The van der Waals surface area contributed by atoms with Gasteiger partial charge in [0.1, 0.15) is 5.82 Å². The molecule has 10 heteroatoms. The number of amides is 2. The van der Waals surface area contributed by atoms with E-state index in [1.54, 1.807) is 4.90 Å². The first-order valence-electron chi connectivity index (χ1n) is 10.5. The van der Waals surface area contributed by atoms with Crippen LogP contribution in [0.4, 0.5) is 17.6 Å². The van der Waals surface area contributed by atoms with E-state index >= 15 is 0 Å². The highest BCUT2D eigenvalue weighted by molar-refractivity contribution is 5.94. The molecule has 0 spiro atoms. The fourth-order valence-corrected chi connectivity index (χ4v) is 3.78. The van der Waals surface area contributed by atoms with Crippen molar-refractivity contribution in [2.24, 2.45) is 5.73 Å². The Morgan fingerprint density at radius 3 is 2.36 bits per heavy atom. The van der Waals surface area contributed by atoms with Gasteiger partial charge in [-0.05, 0) is 49.1 Å². The van der Waals surface area contributed by atoms with Crippen LogP contribution in [0.25, 0.3) is 0 Å². The van der Waals surface area contributed by atoms with Crippen molar-refractivity contribution in [1.29, 1.82) is 0 Å². The van der Waals surface area contributed by atoms with Crippen molar-refractivity contribution in [3.05, 3.63) is 64.7 Å². The second-order valence-electron chi connectivity index (χ2n) is 8.00. The predicted molar refractivity (Wildman–Crippen MR) is 113 cm³/mol. The molecular formula is C23H25F4N3O3. The van der Waals surface area contributed by atoms with Crippen LogP contribution in [0.3, 0.4) is 0 Å². The van der Waals surface area contributed by atoms with Crippen LogP contribution < -0.4 is 15.8 Å². The Bertz CT molecular complexity index is 1030. The summed E-state index contributed by atoms with van der Waals surface area (Å²) in [5, 5.41) is 2.83. The number of ether oxygens (including phenoxy) is 1. The molecule has 1 unspecified atom stereocenters. The van der Waals surface area contributed by atoms with Crippen LogP contribution in [-0.4, -0.2) is 49.0 Å². The van der Waals surface area contributed by atoms with E-state index in [1.165, 1.54) is 19.2 Å². The number of nitrogens with one attached hydrogen (secondary N) is 1. The Labute approximate surface area is 188 Å². The maximum atomic E-state index is 13.8. The average Bonchev–Trinajstić information content (AvgIpc) is 2.77. The SMILES string of the molecule is COc1ccc(C(=O)NC2CCN(C(=O)CC(N)Cc3cc(F)c(F)cc3F)CC2)cc1F. The number of benzene rings is 2. The summed E-state index contributed by atoms with van der Waals surface area (Å²) in [6, 6.07) is 4.20. The fourth-order valence-electron chi connectivity index (χ4n) is 3.78. The summed E-state index contributed by atoms with van der Waals surface area (Å²) in [5.74, 6) is -4.62. The molecule has 1 fully saturated rings. The molecular weight excluding hydrogens is 442 g/mol. The number of hydrogen-bond acceptors (Lipinski definition) is 4. The molecule has 33 heavy (non-hydrogen) atoms. The van der Waals surface area contributed by atoms with Gasteiger partial charge in [0.15, 0.2) is 23.2 Å². The van der Waals surface area contributed by atoms with Gasteiger partial charge in [0, 0.05) is 43.2 Å². The summed E-state index contributed by atoms with van der Waals surface area (Å²) < 4.78 is 58.8. The highest BCUT2D eigenvalue weighted by Gasteiger charge is 2.26. The van der Waals surface area contributed by atoms with Crippen molar-refractivity contribution >= 4 is 11.8 Å². The van der Waals surface area contributed by atoms with Gasteiger partial charge < -0.3 is 20.7 Å². The molecule has 0 radical (unpaired) electrons. The Hall–Kier alpha value is -3.14. The third kappa shape index (κ3) is 6.22. The first-order chi connectivity index (χ1) is 15.7. The highest BCUT2D eigenvalue weighted by Crippen LogP contribution is 2.19. The minimum atomic E-state index is -1.28. The van der Waals surface area contributed by atoms with Crippen LogP contribution in [-0.2, 0) is 11.2 Å². The number of hydrogen-bond donors (Lipinski definition) is 2. The summed E-state index contributed by atoms with van der Waals surface area (Å²) in [5.41, 5.74) is 6.01. The molecule has 0 aromatic heterocycles. The fraction of sp³-hybridized carbons (Fsp3) is 0.391. The number of halogens is 4. The molecule has 1 aliphatic rings. The molecule has 3 N–H and O–H groups in total. The summed E-state index contributed by atoms with van der Waals surface area (Å²) in [6.07, 6.45) is 0.812. The van der Waals surface area contributed by atoms with E-state index in [4.69, 9.17) is 10.5 Å². The van der Waals surface area contributed by atoms with Gasteiger partial charge in [0.05, 0.1) is 7.11 Å². The first-order valence-corrected chi connectivity index (χ1v) is 10.5. The van der Waals surface area contributed by atoms with E-state index in [1.807, 2.05) is 0 Å². The standard InChI is InChI=1S/C23H25F4N3O3/c1-33-21-3-2-13(9-20(21)27)23(32)29-16-4-6-30(7-5-16)22(31)11-15(28)8-14-10-18(25)19(26)12-17(14)24/h2-3,9-10,12,15-16H,4-8,11,28H2,1H3,(H,29,32). The second kappa shape index (κ2) is 10.7. The maximum Gasteiger partial charge on any atom is 0.251 e. The normalized spacial score (nSPS) is 15.3. The van der Waals surface area contributed by atoms with Crippen molar-refractivity contribution in [1.82, 2.24) is 10.2 Å². The van der Waals surface area contributed by atoms with Crippen LogP contribution >= 0.6 is 0 Å². The van der Waals surface area contributed by atoms with Crippen LogP contribution in [0, 0.1) is 23.3 Å². The minimum absolute atomic E-state index is 0.0453. The lowest BCUT2D eigenvalue weighted by Gasteiger charge is -2.33. The molecule has 2 amide bonds. The number of likely N-dealkylation sites (tertiary alicyclic amines) is 1. The molecule has 6 nitrogen and oxygen atoms in total. The Morgan fingerprint density at radius 2 is 1.73 bits per heavy atom. The number of carbonyl (C=O) groups is 2. The summed E-state index contributed by atoms with van der Waals surface area (Å²) in [4.78, 5) is 26.5. The highest BCUT2D eigenvalue weighted by atomic mass is 19.2. The average molecular weight is 467 g/mol.